The Bertz CT molecular complexity index is 789. The first-order valence-electron chi connectivity index (χ1n) is 9.02. The molecule has 2 aromatic rings. The molecular formula is C21H22ClF3O2. The largest absolute Gasteiger partial charge is 0.489 e. The van der Waals surface area contributed by atoms with Crippen molar-refractivity contribution in [2.75, 3.05) is 0 Å². The molecule has 1 aliphatic rings. The molecule has 0 aliphatic heterocycles. The van der Waals surface area contributed by atoms with E-state index in [0.717, 1.165) is 31.2 Å². The van der Waals surface area contributed by atoms with E-state index in [0.29, 0.717) is 27.5 Å². The van der Waals surface area contributed by atoms with Gasteiger partial charge < -0.3 is 9.84 Å². The number of hydrogen-bond acceptors (Lipinski definition) is 2. The van der Waals surface area contributed by atoms with Gasteiger partial charge in [0.25, 0.3) is 0 Å². The van der Waals surface area contributed by atoms with Crippen molar-refractivity contribution in [2.24, 2.45) is 0 Å². The standard InChI is InChI=1S/C21H22ClF3O2/c1-13-8-16(10-20(22)18(13)11-26)27-12-14-6-7-17(15-4-2-3-5-15)19(9-14)21(23,24)25/h6-10,15,26H,2-5,11-12H2,1H3. The first-order valence-corrected chi connectivity index (χ1v) is 9.40. The fourth-order valence-corrected chi connectivity index (χ4v) is 4.04. The summed E-state index contributed by atoms with van der Waals surface area (Å²) in [4.78, 5) is 0. The Hall–Kier alpha value is -1.72. The van der Waals surface area contributed by atoms with Crippen molar-refractivity contribution in [3.05, 3.63) is 63.2 Å². The molecule has 3 rings (SSSR count). The molecule has 0 radical (unpaired) electrons. The SMILES string of the molecule is Cc1cc(OCc2ccc(C3CCCC3)c(C(F)(F)F)c2)cc(Cl)c1CO. The van der Waals surface area contributed by atoms with E-state index in [9.17, 15) is 18.3 Å². The van der Waals surface area contributed by atoms with Crippen LogP contribution < -0.4 is 4.74 Å². The summed E-state index contributed by atoms with van der Waals surface area (Å²) in [7, 11) is 0. The minimum absolute atomic E-state index is 0.0101. The zero-order valence-corrected chi connectivity index (χ0v) is 15.8. The van der Waals surface area contributed by atoms with Crippen LogP contribution in [0.25, 0.3) is 0 Å². The molecule has 0 atom stereocenters. The van der Waals surface area contributed by atoms with Crippen LogP contribution in [0, 0.1) is 6.92 Å². The van der Waals surface area contributed by atoms with Crippen LogP contribution in [0.1, 0.15) is 59.4 Å². The average molecular weight is 399 g/mol. The topological polar surface area (TPSA) is 29.5 Å². The summed E-state index contributed by atoms with van der Waals surface area (Å²) in [5.41, 5.74) is 1.69. The highest BCUT2D eigenvalue weighted by molar-refractivity contribution is 6.31. The molecule has 1 saturated carbocycles. The third kappa shape index (κ3) is 4.58. The number of rotatable bonds is 5. The van der Waals surface area contributed by atoms with Gasteiger partial charge in [-0.25, -0.2) is 0 Å². The predicted molar refractivity (Wildman–Crippen MR) is 99.1 cm³/mol. The number of benzene rings is 2. The molecular weight excluding hydrogens is 377 g/mol. The van der Waals surface area contributed by atoms with Gasteiger partial charge in [-0.05, 0) is 66.1 Å². The second-order valence-corrected chi connectivity index (χ2v) is 7.46. The molecule has 6 heteroatoms. The Morgan fingerprint density at radius 3 is 2.44 bits per heavy atom. The molecule has 0 spiro atoms. The maximum absolute atomic E-state index is 13.6. The molecule has 1 fully saturated rings. The quantitative estimate of drug-likeness (QED) is 0.631. The van der Waals surface area contributed by atoms with Crippen LogP contribution >= 0.6 is 11.6 Å². The Morgan fingerprint density at radius 1 is 1.15 bits per heavy atom. The van der Waals surface area contributed by atoms with Crippen LogP contribution in [0.15, 0.2) is 30.3 Å². The van der Waals surface area contributed by atoms with Gasteiger partial charge in [-0.1, -0.05) is 36.6 Å². The first kappa shape index (κ1) is 20.0. The molecule has 0 aromatic heterocycles. The van der Waals surface area contributed by atoms with E-state index >= 15 is 0 Å². The molecule has 0 amide bonds. The van der Waals surface area contributed by atoms with E-state index in [2.05, 4.69) is 0 Å². The van der Waals surface area contributed by atoms with Gasteiger partial charge in [0.05, 0.1) is 17.2 Å². The lowest BCUT2D eigenvalue weighted by molar-refractivity contribution is -0.138. The maximum Gasteiger partial charge on any atom is 0.416 e. The summed E-state index contributed by atoms with van der Waals surface area (Å²) >= 11 is 6.11. The van der Waals surface area contributed by atoms with Crippen molar-refractivity contribution in [1.29, 1.82) is 0 Å². The van der Waals surface area contributed by atoms with Crippen LogP contribution in [-0.4, -0.2) is 5.11 Å². The zero-order chi connectivity index (χ0) is 19.6. The third-order valence-corrected chi connectivity index (χ3v) is 5.51. The molecule has 2 nitrogen and oxygen atoms in total. The van der Waals surface area contributed by atoms with E-state index in [1.807, 2.05) is 0 Å². The van der Waals surface area contributed by atoms with Gasteiger partial charge in [0.15, 0.2) is 0 Å². The lowest BCUT2D eigenvalue weighted by atomic mass is 9.91. The number of aliphatic hydroxyl groups is 1. The molecule has 27 heavy (non-hydrogen) atoms. The Kier molecular flexibility index (Phi) is 6.02. The van der Waals surface area contributed by atoms with Crippen LogP contribution in [0.3, 0.4) is 0 Å². The predicted octanol–water partition coefficient (Wildman–Crippen LogP) is 6.40. The van der Waals surface area contributed by atoms with E-state index in [4.69, 9.17) is 16.3 Å². The van der Waals surface area contributed by atoms with Crippen molar-refractivity contribution >= 4 is 11.6 Å². The van der Waals surface area contributed by atoms with Gasteiger partial charge in [-0.2, -0.15) is 13.2 Å². The van der Waals surface area contributed by atoms with E-state index in [1.165, 1.54) is 6.07 Å². The highest BCUT2D eigenvalue weighted by atomic mass is 35.5. The van der Waals surface area contributed by atoms with Crippen molar-refractivity contribution in [2.45, 2.75) is 57.9 Å². The van der Waals surface area contributed by atoms with Crippen LogP contribution in [-0.2, 0) is 19.4 Å². The number of hydrogen-bond donors (Lipinski definition) is 1. The summed E-state index contributed by atoms with van der Waals surface area (Å²) in [5, 5.41) is 9.66. The van der Waals surface area contributed by atoms with Crippen molar-refractivity contribution < 1.29 is 23.0 Å². The molecule has 146 valence electrons. The summed E-state index contributed by atoms with van der Waals surface area (Å²) in [5.74, 6) is 0.451. The van der Waals surface area contributed by atoms with Crippen molar-refractivity contribution in [1.82, 2.24) is 0 Å². The van der Waals surface area contributed by atoms with E-state index in [-0.39, 0.29) is 19.1 Å². The number of ether oxygens (including phenoxy) is 1. The minimum atomic E-state index is -4.38. The minimum Gasteiger partial charge on any atom is -0.489 e. The Morgan fingerprint density at radius 2 is 1.85 bits per heavy atom. The molecule has 2 aromatic carbocycles. The maximum atomic E-state index is 13.6. The Balaban J connectivity index is 1.81. The number of halogens is 4. The molecule has 0 unspecified atom stereocenters. The first-order chi connectivity index (χ1) is 12.8. The lowest BCUT2D eigenvalue weighted by Gasteiger charge is -2.19. The summed E-state index contributed by atoms with van der Waals surface area (Å²) in [6.07, 6.45) is -0.786. The summed E-state index contributed by atoms with van der Waals surface area (Å²) in [6.45, 7) is 1.63. The normalized spacial score (nSPS) is 15.3. The second-order valence-electron chi connectivity index (χ2n) is 7.05. The van der Waals surface area contributed by atoms with Gasteiger partial charge in [-0.3, -0.25) is 0 Å². The fourth-order valence-electron chi connectivity index (χ4n) is 3.72. The number of aryl methyl sites for hydroxylation is 1. The highest BCUT2D eigenvalue weighted by Crippen LogP contribution is 2.42. The molecule has 1 N–H and O–H groups in total. The zero-order valence-electron chi connectivity index (χ0n) is 15.1. The van der Waals surface area contributed by atoms with Crippen molar-refractivity contribution in [3.63, 3.8) is 0 Å². The fraction of sp³-hybridized carbons (Fsp3) is 0.429. The van der Waals surface area contributed by atoms with Crippen LogP contribution in [0.2, 0.25) is 5.02 Å². The van der Waals surface area contributed by atoms with Crippen LogP contribution in [0.5, 0.6) is 5.75 Å². The van der Waals surface area contributed by atoms with Gasteiger partial charge in [0.2, 0.25) is 0 Å². The Labute approximate surface area is 161 Å². The molecule has 0 saturated heterocycles. The molecule has 0 bridgehead atoms. The summed E-state index contributed by atoms with van der Waals surface area (Å²) < 4.78 is 46.3. The molecule has 1 aliphatic carbocycles. The van der Waals surface area contributed by atoms with Crippen LogP contribution in [0.4, 0.5) is 13.2 Å². The third-order valence-electron chi connectivity index (χ3n) is 5.17. The van der Waals surface area contributed by atoms with E-state index in [1.54, 1.807) is 31.2 Å². The monoisotopic (exact) mass is 398 g/mol. The lowest BCUT2D eigenvalue weighted by Crippen LogP contribution is -2.12. The van der Waals surface area contributed by atoms with E-state index < -0.39 is 11.7 Å². The average Bonchev–Trinajstić information content (AvgIpc) is 3.13. The van der Waals surface area contributed by atoms with Gasteiger partial charge >= 0.3 is 6.18 Å². The summed E-state index contributed by atoms with van der Waals surface area (Å²) in [6, 6.07) is 7.79. The van der Waals surface area contributed by atoms with Gasteiger partial charge in [-0.15, -0.1) is 0 Å². The highest BCUT2D eigenvalue weighted by Gasteiger charge is 2.36. The van der Waals surface area contributed by atoms with Gasteiger partial charge in [0, 0.05) is 0 Å². The number of aliphatic hydroxyl groups excluding tert-OH is 1. The molecule has 0 heterocycles. The smallest absolute Gasteiger partial charge is 0.416 e. The van der Waals surface area contributed by atoms with Gasteiger partial charge in [0.1, 0.15) is 12.4 Å². The van der Waals surface area contributed by atoms with Crippen molar-refractivity contribution in [3.8, 4) is 5.75 Å². The number of alkyl halides is 3. The second kappa shape index (κ2) is 8.11.